The van der Waals surface area contributed by atoms with E-state index in [4.69, 9.17) is 20.7 Å². The van der Waals surface area contributed by atoms with Crippen LogP contribution in [0, 0.1) is 57.2 Å². The van der Waals surface area contributed by atoms with Gasteiger partial charge in [-0.25, -0.2) is 0 Å². The lowest BCUT2D eigenvalue weighted by atomic mass is 9.73. The fourth-order valence-corrected chi connectivity index (χ4v) is 5.17. The fraction of sp³-hybridized carbons (Fsp3) is 0.907. The van der Waals surface area contributed by atoms with Crippen LogP contribution in [0.15, 0.2) is 0 Å². The van der Waals surface area contributed by atoms with Gasteiger partial charge in [0.2, 0.25) is 11.8 Å². The molecule has 5 N–H and O–H groups in total. The van der Waals surface area contributed by atoms with E-state index < -0.39 is 11.0 Å². The summed E-state index contributed by atoms with van der Waals surface area (Å²) in [6, 6.07) is 0. The molecule has 0 aromatic rings. The van der Waals surface area contributed by atoms with E-state index in [2.05, 4.69) is 121 Å². The van der Waals surface area contributed by atoms with Crippen molar-refractivity contribution < 1.29 is 24.5 Å². The smallest absolute Gasteiger partial charge is 0.225 e. The molecule has 0 saturated heterocycles. The third kappa shape index (κ3) is 46.4. The van der Waals surface area contributed by atoms with E-state index in [0.717, 1.165) is 18.3 Å². The van der Waals surface area contributed by atoms with Gasteiger partial charge in [0.05, 0.1) is 18.8 Å². The Morgan fingerprint density at radius 3 is 1.46 bits per heavy atom. The molecule has 0 aliphatic carbocycles. The number of aliphatic hydroxyl groups is 2. The predicted octanol–water partition coefficient (Wildman–Crippen LogP) is 10.1. The van der Waals surface area contributed by atoms with Crippen LogP contribution >= 0.6 is 0 Å². The van der Waals surface area contributed by atoms with Crippen LogP contribution in [0.25, 0.3) is 0 Å². The lowest BCUT2D eigenvalue weighted by Crippen LogP contribution is -2.42. The zero-order chi connectivity index (χ0) is 41.2. The minimum Gasteiger partial charge on any atom is -0.396 e. The van der Waals surface area contributed by atoms with Crippen molar-refractivity contribution >= 4 is 11.8 Å². The molecular formula is C43H90N2O5. The summed E-state index contributed by atoms with van der Waals surface area (Å²) in [6.45, 7) is 44.6. The van der Waals surface area contributed by atoms with Crippen molar-refractivity contribution in [1.29, 1.82) is 0 Å². The van der Waals surface area contributed by atoms with Crippen molar-refractivity contribution in [3.63, 3.8) is 0 Å². The number of hydrogen-bond acceptors (Lipinski definition) is 5. The number of hydrogen-bond donors (Lipinski definition) is 4. The summed E-state index contributed by atoms with van der Waals surface area (Å²) in [4.78, 5) is 23.4. The van der Waals surface area contributed by atoms with Crippen LogP contribution in [0.2, 0.25) is 0 Å². The van der Waals surface area contributed by atoms with Gasteiger partial charge >= 0.3 is 0 Å². The van der Waals surface area contributed by atoms with Crippen molar-refractivity contribution in [3.05, 3.63) is 0 Å². The Morgan fingerprint density at radius 1 is 0.740 bits per heavy atom. The van der Waals surface area contributed by atoms with Crippen molar-refractivity contribution in [3.8, 4) is 11.8 Å². The van der Waals surface area contributed by atoms with Crippen molar-refractivity contribution in [1.82, 2.24) is 5.32 Å². The zero-order valence-electron chi connectivity index (χ0n) is 37.4. The maximum atomic E-state index is 12.3. The number of nitrogens with two attached hydrogens (primary N) is 1. The van der Waals surface area contributed by atoms with Gasteiger partial charge in [-0.2, -0.15) is 0 Å². The maximum absolute atomic E-state index is 12.3. The third-order valence-corrected chi connectivity index (χ3v) is 6.46. The fourth-order valence-electron chi connectivity index (χ4n) is 5.17. The molecule has 302 valence electrons. The van der Waals surface area contributed by atoms with E-state index >= 15 is 0 Å². The van der Waals surface area contributed by atoms with Crippen LogP contribution in [0.3, 0.4) is 0 Å². The highest BCUT2D eigenvalue weighted by Crippen LogP contribution is 2.36. The number of amides is 2. The van der Waals surface area contributed by atoms with Crippen LogP contribution in [-0.2, 0) is 14.3 Å². The molecule has 0 radical (unpaired) electrons. The van der Waals surface area contributed by atoms with Crippen LogP contribution in [0.1, 0.15) is 178 Å². The molecule has 0 aliphatic heterocycles. The first-order valence-corrected chi connectivity index (χ1v) is 19.2. The lowest BCUT2D eigenvalue weighted by Gasteiger charge is -2.33. The molecular weight excluding hydrogens is 624 g/mol. The quantitative estimate of drug-likeness (QED) is 0.0994. The molecule has 2 amide bonds. The first-order valence-electron chi connectivity index (χ1n) is 19.2. The molecule has 0 aromatic carbocycles. The molecule has 7 nitrogen and oxygen atoms in total. The first kappa shape index (κ1) is 57.7. The Labute approximate surface area is 313 Å². The van der Waals surface area contributed by atoms with E-state index in [1.807, 2.05) is 27.7 Å². The van der Waals surface area contributed by atoms with Crippen LogP contribution in [0.4, 0.5) is 0 Å². The number of rotatable bonds is 15. The third-order valence-electron chi connectivity index (χ3n) is 6.46. The molecule has 0 rings (SSSR count). The number of nitrogens with one attached hydrogen (secondary N) is 1. The minimum absolute atomic E-state index is 0.0756. The average Bonchev–Trinajstić information content (AvgIpc) is 2.88. The van der Waals surface area contributed by atoms with E-state index in [9.17, 15) is 9.59 Å². The molecule has 0 aliphatic rings. The van der Waals surface area contributed by atoms with Gasteiger partial charge in [-0.05, 0) is 75.5 Å². The molecule has 50 heavy (non-hydrogen) atoms. The van der Waals surface area contributed by atoms with Gasteiger partial charge in [0.15, 0.2) is 0 Å². The van der Waals surface area contributed by atoms with Crippen molar-refractivity contribution in [2.45, 2.75) is 183 Å². The summed E-state index contributed by atoms with van der Waals surface area (Å²) in [6.07, 6.45) is 4.34. The van der Waals surface area contributed by atoms with Gasteiger partial charge in [0.1, 0.15) is 0 Å². The number of carbonyl (C=O) groups excluding carboxylic acids is 2. The Kier molecular flexibility index (Phi) is 33.4. The summed E-state index contributed by atoms with van der Waals surface area (Å²) in [5.41, 5.74) is 4.02. The molecule has 0 bridgehead atoms. The van der Waals surface area contributed by atoms with Crippen molar-refractivity contribution in [2.24, 2.45) is 51.1 Å². The predicted molar refractivity (Wildman–Crippen MR) is 219 cm³/mol. The van der Waals surface area contributed by atoms with E-state index in [1.54, 1.807) is 13.8 Å². The molecule has 0 atom stereocenters. The van der Waals surface area contributed by atoms with Gasteiger partial charge in [-0.3, -0.25) is 9.59 Å². The highest BCUT2D eigenvalue weighted by molar-refractivity contribution is 5.82. The van der Waals surface area contributed by atoms with Crippen molar-refractivity contribution in [2.75, 3.05) is 26.4 Å². The van der Waals surface area contributed by atoms with E-state index in [0.29, 0.717) is 38.0 Å². The summed E-state index contributed by atoms with van der Waals surface area (Å²) >= 11 is 0. The second-order valence-electron chi connectivity index (χ2n) is 19.2. The van der Waals surface area contributed by atoms with Gasteiger partial charge in [-0.15, -0.1) is 0 Å². The molecule has 0 unspecified atom stereocenters. The summed E-state index contributed by atoms with van der Waals surface area (Å²) in [5.74, 6) is 8.89. The standard InChI is InChI=1S/C16H32N2O4.C12H22.C8H18O.C4H10.C3H8/c1-14(2,9-12(17)20)10-15(3,4)13(21)18-7-8-22-16(5,6)11-19;1-10(2)7-8-12(5,6)9-11(3)4;1-7(2)5-8(3,4)6-9;1-4(2)3;1-3-2/h19H,7-11H2,1-6H3,(H2,17,20)(H,18,21);10-11H,9H2,1-6H3;7,9H,5-6H2,1-4H3;4H,1-3H3;3H2,1-2H3. The highest BCUT2D eigenvalue weighted by Gasteiger charge is 2.35. The van der Waals surface area contributed by atoms with Gasteiger partial charge in [0, 0.05) is 36.3 Å². The average molecular weight is 715 g/mol. The molecule has 0 heterocycles. The lowest BCUT2D eigenvalue weighted by molar-refractivity contribution is -0.132. The second kappa shape index (κ2) is 28.9. The molecule has 0 saturated carbocycles. The topological polar surface area (TPSA) is 122 Å². The Hall–Kier alpha value is -1.62. The van der Waals surface area contributed by atoms with Crippen LogP contribution < -0.4 is 11.1 Å². The van der Waals surface area contributed by atoms with Crippen LogP contribution in [0.5, 0.6) is 0 Å². The second-order valence-corrected chi connectivity index (χ2v) is 19.2. The Morgan fingerprint density at radius 2 is 1.16 bits per heavy atom. The zero-order valence-corrected chi connectivity index (χ0v) is 37.4. The monoisotopic (exact) mass is 715 g/mol. The number of ether oxygens (including phenoxy) is 1. The number of aliphatic hydroxyl groups excluding tert-OH is 2. The van der Waals surface area contributed by atoms with Crippen LogP contribution in [-0.4, -0.2) is 54.0 Å². The van der Waals surface area contributed by atoms with Gasteiger partial charge in [-0.1, -0.05) is 136 Å². The number of carbonyl (C=O) groups is 2. The highest BCUT2D eigenvalue weighted by atomic mass is 16.5. The molecule has 0 fully saturated rings. The summed E-state index contributed by atoms with van der Waals surface area (Å²) < 4.78 is 5.47. The Balaban J connectivity index is -0.000000201. The van der Waals surface area contributed by atoms with E-state index in [1.165, 1.54) is 12.8 Å². The minimum atomic E-state index is -0.607. The first-order chi connectivity index (χ1) is 22.3. The molecule has 0 aromatic heterocycles. The maximum Gasteiger partial charge on any atom is 0.225 e. The normalized spacial score (nSPS) is 11.9. The molecule has 7 heteroatoms. The summed E-state index contributed by atoms with van der Waals surface area (Å²) in [7, 11) is 0. The number of primary amides is 1. The SMILES string of the molecule is CC(C)(CC(N)=O)CC(C)(C)C(=O)NCCOC(C)(C)CO.CC(C)C.CC(C)C#CC(C)(C)CC(C)C.CC(C)CC(C)(C)CO.CCC. The van der Waals surface area contributed by atoms with E-state index in [-0.39, 0.29) is 41.1 Å². The molecule has 0 spiro atoms. The largest absolute Gasteiger partial charge is 0.396 e. The van der Waals surface area contributed by atoms with Gasteiger partial charge < -0.3 is 26.0 Å². The Bertz CT molecular complexity index is 901. The van der Waals surface area contributed by atoms with Gasteiger partial charge in [0.25, 0.3) is 0 Å². The summed E-state index contributed by atoms with van der Waals surface area (Å²) in [5, 5.41) is 20.8.